The third-order valence-corrected chi connectivity index (χ3v) is 6.57. The number of hydrogen-bond donors (Lipinski definition) is 2. The third-order valence-electron chi connectivity index (χ3n) is 4.65. The van der Waals surface area contributed by atoms with E-state index in [-0.39, 0.29) is 21.7 Å². The van der Waals surface area contributed by atoms with Crippen molar-refractivity contribution >= 4 is 27.3 Å². The van der Waals surface area contributed by atoms with Gasteiger partial charge in [-0.15, -0.1) is 0 Å². The van der Waals surface area contributed by atoms with Gasteiger partial charge in [0.2, 0.25) is 0 Å². The number of hydrogen-bond acceptors (Lipinski definition) is 3. The molecule has 0 heterocycles. The minimum atomic E-state index is -3.84. The van der Waals surface area contributed by atoms with E-state index in [1.54, 1.807) is 26.0 Å². The molecule has 2 aromatic carbocycles. The number of phenolic OH excluding ortho intramolecular Hbond substituents is 1. The Kier molecular flexibility index (Phi) is 5.40. The molecule has 0 atom stereocenters. The van der Waals surface area contributed by atoms with E-state index in [4.69, 9.17) is 11.6 Å². The van der Waals surface area contributed by atoms with Crippen molar-refractivity contribution in [3.05, 3.63) is 52.0 Å². The summed E-state index contributed by atoms with van der Waals surface area (Å²) >= 11 is 6.05. The van der Waals surface area contributed by atoms with E-state index in [1.807, 2.05) is 6.07 Å². The molecule has 4 nitrogen and oxygen atoms in total. The van der Waals surface area contributed by atoms with Crippen LogP contribution in [0.2, 0.25) is 5.02 Å². The van der Waals surface area contributed by atoms with Gasteiger partial charge >= 0.3 is 0 Å². The Bertz CT molecular complexity index is 905. The monoisotopic (exact) mass is 381 g/mol. The summed E-state index contributed by atoms with van der Waals surface area (Å²) in [6, 6.07) is 8.19. The number of halogens is 1. The second-order valence-electron chi connectivity index (χ2n) is 6.94. The Balaban J connectivity index is 2.48. The van der Waals surface area contributed by atoms with Gasteiger partial charge in [-0.25, -0.2) is 8.42 Å². The minimum Gasteiger partial charge on any atom is -0.506 e. The van der Waals surface area contributed by atoms with Crippen molar-refractivity contribution < 1.29 is 13.5 Å². The summed E-state index contributed by atoms with van der Waals surface area (Å²) in [5.41, 5.74) is 2.23. The van der Waals surface area contributed by atoms with Crippen LogP contribution in [0.1, 0.15) is 43.9 Å². The normalized spacial score (nSPS) is 12.2. The van der Waals surface area contributed by atoms with Crippen molar-refractivity contribution in [1.82, 2.24) is 0 Å². The molecule has 2 rings (SSSR count). The molecule has 2 N–H and O–H groups in total. The van der Waals surface area contributed by atoms with Gasteiger partial charge < -0.3 is 5.11 Å². The zero-order valence-electron chi connectivity index (χ0n) is 15.1. The lowest BCUT2D eigenvalue weighted by molar-refractivity contribution is 0.474. The number of phenols is 1. The molecule has 0 amide bonds. The van der Waals surface area contributed by atoms with Crippen molar-refractivity contribution in [3.63, 3.8) is 0 Å². The summed E-state index contributed by atoms with van der Waals surface area (Å²) in [5.74, 6) is -0.109. The van der Waals surface area contributed by atoms with Crippen molar-refractivity contribution in [1.29, 1.82) is 0 Å². The highest BCUT2D eigenvalue weighted by atomic mass is 35.5. The number of benzene rings is 2. The Morgan fingerprint density at radius 1 is 1.12 bits per heavy atom. The Hall–Kier alpha value is -1.72. The van der Waals surface area contributed by atoms with Crippen LogP contribution >= 0.6 is 11.6 Å². The second-order valence-corrected chi connectivity index (χ2v) is 9.00. The molecule has 0 aromatic heterocycles. The smallest absolute Gasteiger partial charge is 0.262 e. The molecule has 0 aliphatic heterocycles. The maximum Gasteiger partial charge on any atom is 0.262 e. The number of aryl methyl sites for hydroxylation is 2. The molecule has 2 aromatic rings. The highest BCUT2D eigenvalue weighted by Gasteiger charge is 2.23. The van der Waals surface area contributed by atoms with Gasteiger partial charge in [-0.1, -0.05) is 38.4 Å². The van der Waals surface area contributed by atoms with Crippen molar-refractivity contribution in [3.8, 4) is 5.75 Å². The molecule has 136 valence electrons. The SMILES string of the molecule is CCC(C)(C)c1ccc(O)c(NS(=O)(=O)c2cc(C)c(Cl)cc2C)c1. The molecule has 0 fully saturated rings. The molecule has 0 bridgehead atoms. The molecule has 0 aliphatic rings. The third kappa shape index (κ3) is 4.10. The van der Waals surface area contributed by atoms with Gasteiger partial charge in [-0.3, -0.25) is 4.72 Å². The fourth-order valence-corrected chi connectivity index (χ4v) is 4.08. The zero-order chi connectivity index (χ0) is 19.0. The fourth-order valence-electron chi connectivity index (χ4n) is 2.49. The highest BCUT2D eigenvalue weighted by molar-refractivity contribution is 7.92. The lowest BCUT2D eigenvalue weighted by Crippen LogP contribution is -2.18. The van der Waals surface area contributed by atoms with E-state index in [0.29, 0.717) is 16.1 Å². The molecule has 0 unspecified atom stereocenters. The molecule has 25 heavy (non-hydrogen) atoms. The summed E-state index contributed by atoms with van der Waals surface area (Å²) in [4.78, 5) is 0.147. The molecular formula is C19H24ClNO3S. The number of nitrogens with one attached hydrogen (secondary N) is 1. The van der Waals surface area contributed by atoms with E-state index in [9.17, 15) is 13.5 Å². The van der Waals surface area contributed by atoms with E-state index in [1.165, 1.54) is 12.1 Å². The van der Waals surface area contributed by atoms with Crippen LogP contribution < -0.4 is 4.72 Å². The van der Waals surface area contributed by atoms with E-state index in [0.717, 1.165) is 12.0 Å². The average molecular weight is 382 g/mol. The predicted octanol–water partition coefficient (Wildman–Crippen LogP) is 5.15. The summed E-state index contributed by atoms with van der Waals surface area (Å²) in [5, 5.41) is 10.6. The van der Waals surface area contributed by atoms with Gasteiger partial charge in [-0.2, -0.15) is 0 Å². The van der Waals surface area contributed by atoms with Crippen molar-refractivity contribution in [2.75, 3.05) is 4.72 Å². The topological polar surface area (TPSA) is 66.4 Å². The predicted molar refractivity (Wildman–Crippen MR) is 103 cm³/mol. The van der Waals surface area contributed by atoms with E-state index in [2.05, 4.69) is 25.5 Å². The van der Waals surface area contributed by atoms with E-state index >= 15 is 0 Å². The lowest BCUT2D eigenvalue weighted by atomic mass is 9.82. The molecular weight excluding hydrogens is 358 g/mol. The van der Waals surface area contributed by atoms with Crippen molar-refractivity contribution in [2.45, 2.75) is 51.3 Å². The fraction of sp³-hybridized carbons (Fsp3) is 0.368. The first-order chi connectivity index (χ1) is 11.5. The van der Waals surface area contributed by atoms with Crippen molar-refractivity contribution in [2.24, 2.45) is 0 Å². The largest absolute Gasteiger partial charge is 0.506 e. The quantitative estimate of drug-likeness (QED) is 0.703. The molecule has 6 heteroatoms. The second kappa shape index (κ2) is 6.89. The van der Waals surface area contributed by atoms with Crippen LogP contribution in [0, 0.1) is 13.8 Å². The van der Waals surface area contributed by atoms with Gasteiger partial charge in [0.1, 0.15) is 5.75 Å². The minimum absolute atomic E-state index is 0.109. The first-order valence-corrected chi connectivity index (χ1v) is 9.97. The highest BCUT2D eigenvalue weighted by Crippen LogP contribution is 2.34. The van der Waals surface area contributed by atoms with Crippen LogP contribution in [0.25, 0.3) is 0 Å². The number of rotatable bonds is 5. The summed E-state index contributed by atoms with van der Waals surface area (Å²) in [6.45, 7) is 9.66. The molecule has 0 spiro atoms. The van der Waals surface area contributed by atoms with Crippen LogP contribution in [-0.4, -0.2) is 13.5 Å². The first kappa shape index (κ1) is 19.6. The Morgan fingerprint density at radius 2 is 1.76 bits per heavy atom. The number of sulfonamides is 1. The summed E-state index contributed by atoms with van der Waals surface area (Å²) < 4.78 is 28.1. The van der Waals surface area contributed by atoms with Crippen LogP contribution in [0.4, 0.5) is 5.69 Å². The maximum atomic E-state index is 12.8. The number of aromatic hydroxyl groups is 1. The van der Waals surface area contributed by atoms with Gasteiger partial charge in [0.05, 0.1) is 10.6 Å². The summed E-state index contributed by atoms with van der Waals surface area (Å²) in [6.07, 6.45) is 0.888. The number of anilines is 1. The maximum absolute atomic E-state index is 12.8. The van der Waals surface area contributed by atoms with Gasteiger partial charge in [0, 0.05) is 5.02 Å². The molecule has 0 saturated heterocycles. The summed E-state index contributed by atoms with van der Waals surface area (Å²) in [7, 11) is -3.84. The van der Waals surface area contributed by atoms with Crippen LogP contribution in [0.15, 0.2) is 35.2 Å². The lowest BCUT2D eigenvalue weighted by Gasteiger charge is -2.24. The zero-order valence-corrected chi connectivity index (χ0v) is 16.7. The Morgan fingerprint density at radius 3 is 2.36 bits per heavy atom. The van der Waals surface area contributed by atoms with Crippen LogP contribution in [0.5, 0.6) is 5.75 Å². The first-order valence-electron chi connectivity index (χ1n) is 8.11. The van der Waals surface area contributed by atoms with Crippen LogP contribution in [-0.2, 0) is 15.4 Å². The molecule has 0 radical (unpaired) electrons. The average Bonchev–Trinajstić information content (AvgIpc) is 2.52. The van der Waals surface area contributed by atoms with Gasteiger partial charge in [0.15, 0.2) is 0 Å². The van der Waals surface area contributed by atoms with Crippen LogP contribution in [0.3, 0.4) is 0 Å². The Labute approximate surface area is 154 Å². The standard InChI is InChI=1S/C19H24ClNO3S/c1-6-19(4,5)14-7-8-17(22)16(11-14)21-25(23,24)18-10-12(2)15(20)9-13(18)3/h7-11,21-22H,6H2,1-5H3. The van der Waals surface area contributed by atoms with E-state index < -0.39 is 10.0 Å². The molecule has 0 saturated carbocycles. The van der Waals surface area contributed by atoms with Gasteiger partial charge in [-0.05, 0) is 66.6 Å². The molecule has 0 aliphatic carbocycles. The van der Waals surface area contributed by atoms with Gasteiger partial charge in [0.25, 0.3) is 10.0 Å².